The highest BCUT2D eigenvalue weighted by molar-refractivity contribution is 8.04. The summed E-state index contributed by atoms with van der Waals surface area (Å²) in [4.78, 5) is 25.5. The van der Waals surface area contributed by atoms with Crippen LogP contribution in [0.1, 0.15) is 33.2 Å². The normalized spacial score (nSPS) is 16.5. The van der Waals surface area contributed by atoms with E-state index in [0.717, 1.165) is 22.2 Å². The van der Waals surface area contributed by atoms with Crippen LogP contribution in [-0.2, 0) is 4.79 Å². The Bertz CT molecular complexity index is 944. The minimum Gasteiger partial charge on any atom is -0.477 e. The van der Waals surface area contributed by atoms with E-state index in [1.54, 1.807) is 0 Å². The van der Waals surface area contributed by atoms with Gasteiger partial charge < -0.3 is 10.0 Å². The van der Waals surface area contributed by atoms with Crippen LogP contribution in [0.25, 0.3) is 0 Å². The van der Waals surface area contributed by atoms with Crippen molar-refractivity contribution in [1.82, 2.24) is 4.90 Å². The van der Waals surface area contributed by atoms with Gasteiger partial charge in [-0.15, -0.1) is 11.8 Å². The number of carbonyl (C=O) groups is 2. The molecule has 1 amide bonds. The number of carbonyl (C=O) groups excluding carboxylic acids is 1. The average Bonchev–Trinajstić information content (AvgIpc) is 3.11. The molecule has 0 spiro atoms. The Hall–Kier alpha value is -2.67. The molecule has 0 radical (unpaired) electrons. The molecule has 2 aromatic carbocycles. The number of carboxylic acids is 1. The van der Waals surface area contributed by atoms with Crippen LogP contribution in [0, 0.1) is 18.6 Å². The predicted molar refractivity (Wildman–Crippen MR) is 99.2 cm³/mol. The summed E-state index contributed by atoms with van der Waals surface area (Å²) in [6, 6.07) is 11.9. The number of rotatable bonds is 4. The van der Waals surface area contributed by atoms with Gasteiger partial charge in [-0.3, -0.25) is 4.79 Å². The number of hydrogen-bond donors (Lipinski definition) is 1. The summed E-state index contributed by atoms with van der Waals surface area (Å²) in [5, 5.41) is 9.37. The predicted octanol–water partition coefficient (Wildman–Crippen LogP) is 4.52. The minimum absolute atomic E-state index is 0.0349. The van der Waals surface area contributed by atoms with E-state index < -0.39 is 29.1 Å². The van der Waals surface area contributed by atoms with Crippen molar-refractivity contribution in [1.29, 1.82) is 0 Å². The fourth-order valence-corrected chi connectivity index (χ4v) is 4.23. The molecule has 1 heterocycles. The molecule has 140 valence electrons. The van der Waals surface area contributed by atoms with E-state index in [-0.39, 0.29) is 21.4 Å². The third kappa shape index (κ3) is 3.60. The SMILES string of the molecule is Cc1ccc(C(=O)N(C)C2=C(C(=O)O)SC(c3ccccc3)C2)c(F)c1F. The van der Waals surface area contributed by atoms with E-state index in [1.807, 2.05) is 30.3 Å². The summed E-state index contributed by atoms with van der Waals surface area (Å²) >= 11 is 1.15. The lowest BCUT2D eigenvalue weighted by molar-refractivity contribution is -0.131. The first-order valence-corrected chi connectivity index (χ1v) is 9.10. The Morgan fingerprint density at radius 2 is 1.78 bits per heavy atom. The second-order valence-corrected chi connectivity index (χ2v) is 7.44. The first-order chi connectivity index (χ1) is 12.8. The molecule has 27 heavy (non-hydrogen) atoms. The van der Waals surface area contributed by atoms with Crippen molar-refractivity contribution in [2.45, 2.75) is 18.6 Å². The number of nitrogens with zero attached hydrogens (tertiary/aromatic N) is 1. The Labute approximate surface area is 159 Å². The lowest BCUT2D eigenvalue weighted by Gasteiger charge is -2.20. The van der Waals surface area contributed by atoms with Gasteiger partial charge in [0.15, 0.2) is 11.6 Å². The van der Waals surface area contributed by atoms with E-state index in [9.17, 15) is 23.5 Å². The van der Waals surface area contributed by atoms with Gasteiger partial charge in [-0.2, -0.15) is 0 Å². The first kappa shape index (κ1) is 19.1. The number of amides is 1. The van der Waals surface area contributed by atoms with Crippen LogP contribution < -0.4 is 0 Å². The lowest BCUT2D eigenvalue weighted by Crippen LogP contribution is -2.28. The molecule has 0 bridgehead atoms. The first-order valence-electron chi connectivity index (χ1n) is 8.22. The van der Waals surface area contributed by atoms with E-state index >= 15 is 0 Å². The molecule has 7 heteroatoms. The van der Waals surface area contributed by atoms with Crippen molar-refractivity contribution >= 4 is 23.6 Å². The highest BCUT2D eigenvalue weighted by Crippen LogP contribution is 2.48. The maximum Gasteiger partial charge on any atom is 0.343 e. The van der Waals surface area contributed by atoms with Gasteiger partial charge in [-0.25, -0.2) is 13.6 Å². The fourth-order valence-electron chi connectivity index (χ4n) is 2.95. The summed E-state index contributed by atoms with van der Waals surface area (Å²) in [6.07, 6.45) is 0.300. The van der Waals surface area contributed by atoms with E-state index in [2.05, 4.69) is 0 Å². The summed E-state index contributed by atoms with van der Waals surface area (Å²) in [5.41, 5.74) is 0.889. The summed E-state index contributed by atoms with van der Waals surface area (Å²) in [5.74, 6) is -4.24. The molecule has 1 aliphatic heterocycles. The highest BCUT2D eigenvalue weighted by Gasteiger charge is 2.35. The second-order valence-electron chi connectivity index (χ2n) is 6.22. The number of aryl methyl sites for hydroxylation is 1. The van der Waals surface area contributed by atoms with Crippen molar-refractivity contribution in [3.63, 3.8) is 0 Å². The number of hydrogen-bond acceptors (Lipinski definition) is 3. The van der Waals surface area contributed by atoms with Crippen molar-refractivity contribution in [3.05, 3.63) is 81.4 Å². The van der Waals surface area contributed by atoms with Crippen LogP contribution >= 0.6 is 11.8 Å². The molecule has 1 N–H and O–H groups in total. The van der Waals surface area contributed by atoms with Gasteiger partial charge in [-0.05, 0) is 24.1 Å². The van der Waals surface area contributed by atoms with Crippen LogP contribution in [0.5, 0.6) is 0 Å². The number of aliphatic carboxylic acids is 1. The molecule has 4 nitrogen and oxygen atoms in total. The molecule has 2 aromatic rings. The average molecular weight is 389 g/mol. The van der Waals surface area contributed by atoms with Crippen LogP contribution in [0.15, 0.2) is 53.1 Å². The van der Waals surface area contributed by atoms with E-state index in [1.165, 1.54) is 26.1 Å². The number of thioether (sulfide) groups is 1. The monoisotopic (exact) mass is 389 g/mol. The van der Waals surface area contributed by atoms with Gasteiger partial charge in [0.25, 0.3) is 5.91 Å². The molecule has 1 unspecified atom stereocenters. The molecule has 0 saturated heterocycles. The molecule has 0 saturated carbocycles. The number of benzene rings is 2. The van der Waals surface area contributed by atoms with E-state index in [0.29, 0.717) is 6.42 Å². The van der Waals surface area contributed by atoms with Crippen LogP contribution in [0.3, 0.4) is 0 Å². The smallest absolute Gasteiger partial charge is 0.343 e. The third-order valence-electron chi connectivity index (χ3n) is 4.48. The van der Waals surface area contributed by atoms with Crippen LogP contribution in [-0.4, -0.2) is 28.9 Å². The van der Waals surface area contributed by atoms with Crippen molar-refractivity contribution in [3.8, 4) is 0 Å². The molecule has 0 fully saturated rings. The lowest BCUT2D eigenvalue weighted by atomic mass is 10.1. The topological polar surface area (TPSA) is 57.6 Å². The zero-order valence-electron chi connectivity index (χ0n) is 14.7. The second kappa shape index (κ2) is 7.52. The van der Waals surface area contributed by atoms with Gasteiger partial charge in [0.1, 0.15) is 4.91 Å². The molecule has 3 rings (SSSR count). The Morgan fingerprint density at radius 1 is 1.11 bits per heavy atom. The van der Waals surface area contributed by atoms with E-state index in [4.69, 9.17) is 0 Å². The molecule has 0 aromatic heterocycles. The van der Waals surface area contributed by atoms with Gasteiger partial charge in [0.2, 0.25) is 0 Å². The Morgan fingerprint density at radius 3 is 2.41 bits per heavy atom. The molecular formula is C20H17F2NO3S. The number of halogens is 2. The van der Waals surface area contributed by atoms with Crippen LogP contribution in [0.4, 0.5) is 8.78 Å². The molecule has 1 atom stereocenters. The maximum atomic E-state index is 14.2. The molecular weight excluding hydrogens is 372 g/mol. The van der Waals surface area contributed by atoms with Crippen LogP contribution in [0.2, 0.25) is 0 Å². The zero-order valence-corrected chi connectivity index (χ0v) is 15.5. The van der Waals surface area contributed by atoms with Crippen molar-refractivity contribution in [2.24, 2.45) is 0 Å². The minimum atomic E-state index is -1.23. The van der Waals surface area contributed by atoms with Gasteiger partial charge in [0, 0.05) is 24.4 Å². The Balaban J connectivity index is 1.93. The van der Waals surface area contributed by atoms with Gasteiger partial charge in [-0.1, -0.05) is 36.4 Å². The van der Waals surface area contributed by atoms with Crippen molar-refractivity contribution in [2.75, 3.05) is 7.05 Å². The summed E-state index contributed by atoms with van der Waals surface area (Å²) in [7, 11) is 1.38. The fraction of sp³-hybridized carbons (Fsp3) is 0.200. The highest BCUT2D eigenvalue weighted by atomic mass is 32.2. The summed E-state index contributed by atoms with van der Waals surface area (Å²) in [6.45, 7) is 1.40. The third-order valence-corrected chi connectivity index (χ3v) is 5.85. The Kier molecular flexibility index (Phi) is 5.32. The molecule has 1 aliphatic rings. The quantitative estimate of drug-likeness (QED) is 0.835. The largest absolute Gasteiger partial charge is 0.477 e. The van der Waals surface area contributed by atoms with Crippen molar-refractivity contribution < 1.29 is 23.5 Å². The summed E-state index contributed by atoms with van der Waals surface area (Å²) < 4.78 is 28.0. The standard InChI is InChI=1S/C20H17F2NO3S/c1-11-8-9-13(17(22)16(11)21)19(24)23(2)14-10-15(27-18(14)20(25)26)12-6-4-3-5-7-12/h3-9,15H,10H2,1-2H3,(H,25,26). The zero-order chi connectivity index (χ0) is 19.7. The number of allylic oxidation sites excluding steroid dienone is 1. The maximum absolute atomic E-state index is 14.2. The number of carboxylic acid groups (broad SMARTS) is 1. The van der Waals surface area contributed by atoms with Gasteiger partial charge >= 0.3 is 5.97 Å². The molecule has 0 aliphatic carbocycles. The van der Waals surface area contributed by atoms with Gasteiger partial charge in [0.05, 0.1) is 5.56 Å².